The summed E-state index contributed by atoms with van der Waals surface area (Å²) in [6, 6.07) is 12.6. The molecular formula is C34H40ClN7O2. The predicted octanol–water partition coefficient (Wildman–Crippen LogP) is 5.08. The lowest BCUT2D eigenvalue weighted by atomic mass is 9.96. The van der Waals surface area contributed by atoms with Crippen LogP contribution in [0.1, 0.15) is 31.0 Å². The van der Waals surface area contributed by atoms with Crippen molar-refractivity contribution in [2.75, 3.05) is 63.2 Å². The van der Waals surface area contributed by atoms with Gasteiger partial charge < -0.3 is 29.2 Å². The SMILES string of the molecule is [C-]#[N+]C[C@H]1CN(c2nc(OCC3(CN(C)C)CC3)nc3c2CC(C)N(c2cccc4cccc(Cl)c24)C3)CCN1C(=O)C=C. The largest absolute Gasteiger partial charge is 0.463 e. The van der Waals surface area contributed by atoms with Crippen molar-refractivity contribution >= 4 is 39.8 Å². The predicted molar refractivity (Wildman–Crippen MR) is 175 cm³/mol. The van der Waals surface area contributed by atoms with Gasteiger partial charge in [-0.05, 0) is 63.9 Å². The molecule has 3 aliphatic rings. The maximum Gasteiger partial charge on any atom is 0.318 e. The highest BCUT2D eigenvalue weighted by atomic mass is 35.5. The van der Waals surface area contributed by atoms with Crippen LogP contribution in [0.2, 0.25) is 5.02 Å². The third kappa shape index (κ3) is 5.93. The van der Waals surface area contributed by atoms with E-state index in [1.54, 1.807) is 4.90 Å². The Labute approximate surface area is 264 Å². The number of hydrogen-bond donors (Lipinski definition) is 0. The molecule has 1 unspecified atom stereocenters. The first-order chi connectivity index (χ1) is 21.2. The van der Waals surface area contributed by atoms with Crippen LogP contribution in [0.25, 0.3) is 15.6 Å². The molecule has 0 spiro atoms. The van der Waals surface area contributed by atoms with Crippen molar-refractivity contribution in [3.05, 3.63) is 76.8 Å². The average Bonchev–Trinajstić information content (AvgIpc) is 3.77. The summed E-state index contributed by atoms with van der Waals surface area (Å²) in [6.07, 6.45) is 4.35. The van der Waals surface area contributed by atoms with Crippen LogP contribution >= 0.6 is 11.6 Å². The second-order valence-electron chi connectivity index (χ2n) is 12.8. The van der Waals surface area contributed by atoms with Gasteiger partial charge in [-0.3, -0.25) is 4.79 Å². The molecule has 3 aromatic rings. The molecule has 9 nitrogen and oxygen atoms in total. The van der Waals surface area contributed by atoms with Gasteiger partial charge in [0.25, 0.3) is 0 Å². The molecule has 2 atom stereocenters. The van der Waals surface area contributed by atoms with Gasteiger partial charge in [0.2, 0.25) is 12.5 Å². The number of ether oxygens (including phenoxy) is 1. The Hall–Kier alpha value is -3.87. The number of rotatable bonds is 9. The molecule has 1 amide bonds. The van der Waals surface area contributed by atoms with Crippen molar-refractivity contribution in [2.24, 2.45) is 5.41 Å². The standard InChI is InChI=1S/C34H40ClN7O2/c1-6-30(43)41-16-15-40(19-25(41)18-36-3)32-26-17-23(2)42(29-12-8-10-24-9-7-11-27(35)31(24)29)20-28(26)37-33(38-32)44-22-34(13-14-34)21-39(4)5/h6-12,23,25H,1,13-22H2,2,4-5H3/t23?,25-/m0/s1. The van der Waals surface area contributed by atoms with Crippen LogP contribution in [0.15, 0.2) is 49.1 Å². The molecular weight excluding hydrogens is 574 g/mol. The third-order valence-electron chi connectivity index (χ3n) is 9.20. The van der Waals surface area contributed by atoms with Gasteiger partial charge in [0, 0.05) is 54.3 Å². The van der Waals surface area contributed by atoms with E-state index in [1.165, 1.54) is 6.08 Å². The van der Waals surface area contributed by atoms with Crippen molar-refractivity contribution in [1.82, 2.24) is 19.8 Å². The second kappa shape index (κ2) is 12.3. The van der Waals surface area contributed by atoms with Gasteiger partial charge in [0.1, 0.15) is 11.9 Å². The number of aromatic nitrogens is 2. The lowest BCUT2D eigenvalue weighted by Gasteiger charge is -2.42. The molecule has 1 saturated heterocycles. The van der Waals surface area contributed by atoms with Crippen molar-refractivity contribution in [1.29, 1.82) is 0 Å². The van der Waals surface area contributed by atoms with E-state index < -0.39 is 0 Å². The van der Waals surface area contributed by atoms with Gasteiger partial charge in [-0.25, -0.2) is 6.57 Å². The Morgan fingerprint density at radius 2 is 2.00 bits per heavy atom. The highest BCUT2D eigenvalue weighted by Gasteiger charge is 2.44. The van der Waals surface area contributed by atoms with Crippen LogP contribution in [-0.4, -0.2) is 91.2 Å². The number of anilines is 2. The van der Waals surface area contributed by atoms with Gasteiger partial charge >= 0.3 is 6.01 Å². The fraction of sp³-hybridized carbons (Fsp3) is 0.471. The lowest BCUT2D eigenvalue weighted by molar-refractivity contribution is -0.128. The molecule has 3 heterocycles. The van der Waals surface area contributed by atoms with Crippen molar-refractivity contribution < 1.29 is 9.53 Å². The highest BCUT2D eigenvalue weighted by Crippen LogP contribution is 2.46. The minimum atomic E-state index is -0.244. The Morgan fingerprint density at radius 3 is 2.70 bits per heavy atom. The summed E-state index contributed by atoms with van der Waals surface area (Å²) >= 11 is 6.75. The summed E-state index contributed by atoms with van der Waals surface area (Å²) in [4.78, 5) is 34.9. The molecule has 2 aliphatic heterocycles. The Kier molecular flexibility index (Phi) is 8.40. The van der Waals surface area contributed by atoms with Gasteiger partial charge in [-0.1, -0.05) is 42.4 Å². The molecule has 230 valence electrons. The van der Waals surface area contributed by atoms with E-state index in [0.29, 0.717) is 38.8 Å². The molecule has 1 saturated carbocycles. The molecule has 10 heteroatoms. The summed E-state index contributed by atoms with van der Waals surface area (Å²) in [5.74, 6) is 0.714. The van der Waals surface area contributed by atoms with Crippen LogP contribution in [0.4, 0.5) is 11.5 Å². The quantitative estimate of drug-likeness (QED) is 0.246. The van der Waals surface area contributed by atoms with Crippen molar-refractivity contribution in [3.8, 4) is 6.01 Å². The molecule has 0 N–H and O–H groups in total. The van der Waals surface area contributed by atoms with Crippen molar-refractivity contribution in [2.45, 2.75) is 44.8 Å². The molecule has 1 aliphatic carbocycles. The Bertz CT molecular complexity index is 1610. The zero-order chi connectivity index (χ0) is 31.0. The van der Waals surface area contributed by atoms with Crippen LogP contribution in [0, 0.1) is 12.0 Å². The van der Waals surface area contributed by atoms with Crippen LogP contribution in [0.3, 0.4) is 0 Å². The Balaban J connectivity index is 1.37. The summed E-state index contributed by atoms with van der Waals surface area (Å²) in [5, 5.41) is 2.88. The minimum absolute atomic E-state index is 0.138. The number of hydrogen-bond acceptors (Lipinski definition) is 7. The first-order valence-corrected chi connectivity index (χ1v) is 15.7. The van der Waals surface area contributed by atoms with E-state index in [0.717, 1.165) is 64.4 Å². The molecule has 2 fully saturated rings. The molecule has 2 aromatic carbocycles. The van der Waals surface area contributed by atoms with E-state index in [-0.39, 0.29) is 30.0 Å². The average molecular weight is 614 g/mol. The third-order valence-corrected chi connectivity index (χ3v) is 9.52. The molecule has 6 rings (SSSR count). The lowest BCUT2D eigenvalue weighted by Crippen LogP contribution is -2.56. The van der Waals surface area contributed by atoms with E-state index >= 15 is 0 Å². The number of benzene rings is 2. The number of fused-ring (bicyclic) bond motifs is 2. The maximum atomic E-state index is 12.6. The molecule has 1 aromatic heterocycles. The topological polar surface area (TPSA) is 69.4 Å². The van der Waals surface area contributed by atoms with Gasteiger partial charge in [-0.2, -0.15) is 9.97 Å². The second-order valence-corrected chi connectivity index (χ2v) is 13.2. The fourth-order valence-corrected chi connectivity index (χ4v) is 7.13. The smallest absolute Gasteiger partial charge is 0.318 e. The zero-order valence-corrected chi connectivity index (χ0v) is 26.6. The number of amides is 1. The molecule has 0 radical (unpaired) electrons. The normalized spacial score (nSPS) is 20.8. The van der Waals surface area contributed by atoms with Crippen LogP contribution in [-0.2, 0) is 17.8 Å². The van der Waals surface area contributed by atoms with Crippen LogP contribution < -0.4 is 14.5 Å². The minimum Gasteiger partial charge on any atom is -0.463 e. The van der Waals surface area contributed by atoms with E-state index in [9.17, 15) is 4.79 Å². The van der Waals surface area contributed by atoms with E-state index in [1.807, 2.05) is 12.1 Å². The van der Waals surface area contributed by atoms with E-state index in [2.05, 4.69) is 71.4 Å². The molecule has 44 heavy (non-hydrogen) atoms. The fourth-order valence-electron chi connectivity index (χ4n) is 6.85. The first-order valence-electron chi connectivity index (χ1n) is 15.3. The van der Waals surface area contributed by atoms with Gasteiger partial charge in [0.15, 0.2) is 0 Å². The zero-order valence-electron chi connectivity index (χ0n) is 25.8. The van der Waals surface area contributed by atoms with E-state index in [4.69, 9.17) is 32.9 Å². The van der Waals surface area contributed by atoms with Gasteiger partial charge in [-0.15, -0.1) is 0 Å². The first kappa shape index (κ1) is 30.2. The summed E-state index contributed by atoms with van der Waals surface area (Å²) in [5.41, 5.74) is 3.27. The van der Waals surface area contributed by atoms with Gasteiger partial charge in [0.05, 0.1) is 23.9 Å². The molecule has 0 bridgehead atoms. The maximum absolute atomic E-state index is 12.6. The number of nitrogens with zero attached hydrogens (tertiary/aromatic N) is 7. The number of halogens is 1. The highest BCUT2D eigenvalue weighted by molar-refractivity contribution is 6.36. The number of piperazine rings is 1. The number of carbonyl (C=O) groups excluding carboxylic acids is 1. The van der Waals surface area contributed by atoms with Crippen LogP contribution in [0.5, 0.6) is 6.01 Å². The monoisotopic (exact) mass is 613 g/mol. The summed E-state index contributed by atoms with van der Waals surface area (Å²) in [6.45, 7) is 17.4. The Morgan fingerprint density at radius 1 is 1.23 bits per heavy atom. The summed E-state index contributed by atoms with van der Waals surface area (Å²) < 4.78 is 6.40. The summed E-state index contributed by atoms with van der Waals surface area (Å²) in [7, 11) is 4.19. The number of carbonyl (C=O) groups is 1. The van der Waals surface area contributed by atoms with Crippen molar-refractivity contribution in [3.63, 3.8) is 0 Å².